The van der Waals surface area contributed by atoms with Crippen LogP contribution in [0.4, 0.5) is 0 Å². The summed E-state index contributed by atoms with van der Waals surface area (Å²) in [5.74, 6) is 0.845. The highest BCUT2D eigenvalue weighted by Gasteiger charge is 2.39. The van der Waals surface area contributed by atoms with Gasteiger partial charge in [-0.05, 0) is 35.9 Å². The first kappa shape index (κ1) is 14.5. The number of methoxy groups -OCH3 is 1. The molecular formula is C19H16BrNO2. The van der Waals surface area contributed by atoms with Gasteiger partial charge in [-0.1, -0.05) is 35.8 Å². The van der Waals surface area contributed by atoms with Crippen LogP contribution in [-0.4, -0.2) is 17.9 Å². The lowest BCUT2D eigenvalue weighted by molar-refractivity contribution is 0.103. The molecule has 3 nitrogen and oxygen atoms in total. The highest BCUT2D eigenvalue weighted by Crippen LogP contribution is 2.44. The third kappa shape index (κ3) is 1.91. The van der Waals surface area contributed by atoms with Crippen LogP contribution >= 0.6 is 15.9 Å². The molecule has 0 unspecified atom stereocenters. The molecule has 0 radical (unpaired) electrons. The number of ketones is 1. The van der Waals surface area contributed by atoms with E-state index in [1.165, 1.54) is 0 Å². The Morgan fingerprint density at radius 2 is 1.91 bits per heavy atom. The number of fused-ring (bicyclic) bond motifs is 4. The van der Waals surface area contributed by atoms with Crippen molar-refractivity contribution in [3.63, 3.8) is 0 Å². The maximum Gasteiger partial charge on any atom is 0.195 e. The van der Waals surface area contributed by atoms with Gasteiger partial charge in [-0.15, -0.1) is 0 Å². The third-order valence-corrected chi connectivity index (χ3v) is 5.25. The van der Waals surface area contributed by atoms with Crippen molar-refractivity contribution < 1.29 is 9.53 Å². The molecule has 3 aromatic rings. The van der Waals surface area contributed by atoms with Crippen molar-refractivity contribution in [2.24, 2.45) is 0 Å². The van der Waals surface area contributed by atoms with Gasteiger partial charge >= 0.3 is 0 Å². The van der Waals surface area contributed by atoms with Gasteiger partial charge in [-0.2, -0.15) is 0 Å². The molecule has 1 aliphatic carbocycles. The summed E-state index contributed by atoms with van der Waals surface area (Å²) in [5, 5.41) is 0.975. The Labute approximate surface area is 142 Å². The van der Waals surface area contributed by atoms with E-state index in [0.717, 1.165) is 43.5 Å². The molecule has 0 saturated heterocycles. The molecule has 0 atom stereocenters. The summed E-state index contributed by atoms with van der Waals surface area (Å²) in [6, 6.07) is 11.7. The summed E-state index contributed by atoms with van der Waals surface area (Å²) in [4.78, 5) is 16.5. The Balaban J connectivity index is 2.07. The molecule has 4 heteroatoms. The first-order valence-corrected chi connectivity index (χ1v) is 8.27. The largest absolute Gasteiger partial charge is 0.497 e. The maximum absolute atomic E-state index is 13.1. The minimum absolute atomic E-state index is 0.0746. The fraction of sp³-hybridized carbons (Fsp3) is 0.211. The molecule has 23 heavy (non-hydrogen) atoms. The highest BCUT2D eigenvalue weighted by atomic mass is 79.9. The van der Waals surface area contributed by atoms with Crippen LogP contribution in [0.15, 0.2) is 40.9 Å². The van der Waals surface area contributed by atoms with Crippen molar-refractivity contribution in [3.05, 3.63) is 63.3 Å². The van der Waals surface area contributed by atoms with Gasteiger partial charge in [-0.3, -0.25) is 4.79 Å². The first-order valence-electron chi connectivity index (χ1n) is 7.48. The van der Waals surface area contributed by atoms with E-state index in [1.807, 2.05) is 36.4 Å². The number of halogens is 1. The number of benzene rings is 2. The van der Waals surface area contributed by atoms with E-state index >= 15 is 0 Å². The zero-order valence-corrected chi connectivity index (χ0v) is 14.7. The number of H-pyrrole nitrogens is 1. The monoisotopic (exact) mass is 369 g/mol. The van der Waals surface area contributed by atoms with Gasteiger partial charge in [0.25, 0.3) is 0 Å². The van der Waals surface area contributed by atoms with Gasteiger partial charge in [-0.25, -0.2) is 0 Å². The first-order chi connectivity index (χ1) is 10.9. The average molecular weight is 370 g/mol. The fourth-order valence-corrected chi connectivity index (χ4v) is 3.87. The number of ether oxygens (including phenoxy) is 1. The number of aromatic amines is 1. The standard InChI is InChI=1S/C19H16BrNO2/c1-19(2)14-9-11(23-3)5-7-12(14)17(22)16-13-6-4-10(20)8-15(13)21-18(16)19/h4-9,21H,1-3H3. The van der Waals surface area contributed by atoms with Crippen LogP contribution in [0, 0.1) is 0 Å². The van der Waals surface area contributed by atoms with E-state index < -0.39 is 0 Å². The number of carbonyl (C=O) groups excluding carboxylic acids is 1. The minimum Gasteiger partial charge on any atom is -0.497 e. The molecule has 4 rings (SSSR count). The lowest BCUT2D eigenvalue weighted by Gasteiger charge is -2.32. The van der Waals surface area contributed by atoms with Crippen LogP contribution in [0.25, 0.3) is 10.9 Å². The number of aromatic nitrogens is 1. The summed E-state index contributed by atoms with van der Waals surface area (Å²) >= 11 is 3.50. The van der Waals surface area contributed by atoms with Crippen molar-refractivity contribution in [1.82, 2.24) is 4.98 Å². The summed E-state index contributed by atoms with van der Waals surface area (Å²) < 4.78 is 6.34. The molecular weight excluding hydrogens is 354 g/mol. The Bertz CT molecular complexity index is 969. The van der Waals surface area contributed by atoms with Crippen LogP contribution in [0.1, 0.15) is 41.0 Å². The van der Waals surface area contributed by atoms with Gasteiger partial charge in [0.05, 0.1) is 12.7 Å². The van der Waals surface area contributed by atoms with E-state index in [4.69, 9.17) is 4.74 Å². The predicted molar refractivity (Wildman–Crippen MR) is 94.6 cm³/mol. The van der Waals surface area contributed by atoms with Crippen LogP contribution in [0.5, 0.6) is 5.75 Å². The summed E-state index contributed by atoms with van der Waals surface area (Å²) in [6.07, 6.45) is 0. The zero-order valence-electron chi connectivity index (χ0n) is 13.2. The molecule has 0 aliphatic heterocycles. The molecule has 116 valence electrons. The summed E-state index contributed by atoms with van der Waals surface area (Å²) in [6.45, 7) is 4.28. The lowest BCUT2D eigenvalue weighted by Crippen LogP contribution is -2.30. The van der Waals surface area contributed by atoms with Crippen molar-refractivity contribution in [2.45, 2.75) is 19.3 Å². The molecule has 1 aliphatic rings. The Kier molecular flexibility index (Phi) is 2.97. The lowest BCUT2D eigenvalue weighted by atomic mass is 9.71. The van der Waals surface area contributed by atoms with Crippen molar-refractivity contribution in [1.29, 1.82) is 0 Å². The molecule has 1 heterocycles. The minimum atomic E-state index is -0.293. The van der Waals surface area contributed by atoms with Crippen molar-refractivity contribution >= 4 is 32.6 Å². The third-order valence-electron chi connectivity index (χ3n) is 4.76. The summed E-state index contributed by atoms with van der Waals surface area (Å²) in [7, 11) is 1.64. The van der Waals surface area contributed by atoms with Crippen molar-refractivity contribution in [3.8, 4) is 5.75 Å². The molecule has 0 amide bonds. The van der Waals surface area contributed by atoms with Gasteiger partial charge < -0.3 is 9.72 Å². The zero-order chi connectivity index (χ0) is 16.4. The number of carbonyl (C=O) groups is 1. The molecule has 1 N–H and O–H groups in total. The van der Waals surface area contributed by atoms with E-state index in [9.17, 15) is 4.79 Å². The van der Waals surface area contributed by atoms with E-state index in [2.05, 4.69) is 34.8 Å². The second kappa shape index (κ2) is 4.71. The second-order valence-corrected chi connectivity index (χ2v) is 7.35. The van der Waals surface area contributed by atoms with E-state index in [1.54, 1.807) is 7.11 Å². The van der Waals surface area contributed by atoms with E-state index in [0.29, 0.717) is 0 Å². The topological polar surface area (TPSA) is 42.1 Å². The SMILES string of the molecule is COc1ccc2c(c1)C(C)(C)c1[nH]c3cc(Br)ccc3c1C2=O. The van der Waals surface area contributed by atoms with Gasteiger partial charge in [0.15, 0.2) is 5.78 Å². The second-order valence-electron chi connectivity index (χ2n) is 6.43. The van der Waals surface area contributed by atoms with Crippen molar-refractivity contribution in [2.75, 3.05) is 7.11 Å². The Hall–Kier alpha value is -2.07. The number of hydrogen-bond acceptors (Lipinski definition) is 2. The predicted octanol–water partition coefficient (Wildman–Crippen LogP) is 4.81. The van der Waals surface area contributed by atoms with Gasteiger partial charge in [0, 0.05) is 32.0 Å². The molecule has 0 spiro atoms. The van der Waals surface area contributed by atoms with Crippen LogP contribution in [0.3, 0.4) is 0 Å². The smallest absolute Gasteiger partial charge is 0.195 e. The molecule has 0 bridgehead atoms. The van der Waals surface area contributed by atoms with Crippen LogP contribution in [0.2, 0.25) is 0 Å². The summed E-state index contributed by atoms with van der Waals surface area (Å²) in [5.41, 5.74) is 4.20. The fourth-order valence-electron chi connectivity index (χ4n) is 3.51. The quantitative estimate of drug-likeness (QED) is 0.668. The number of hydrogen-bond donors (Lipinski definition) is 1. The molecule has 0 saturated carbocycles. The van der Waals surface area contributed by atoms with Gasteiger partial charge in [0.1, 0.15) is 5.75 Å². The Morgan fingerprint density at radius 1 is 1.13 bits per heavy atom. The molecule has 1 aromatic heterocycles. The van der Waals surface area contributed by atoms with Gasteiger partial charge in [0.2, 0.25) is 0 Å². The van der Waals surface area contributed by atoms with E-state index in [-0.39, 0.29) is 11.2 Å². The maximum atomic E-state index is 13.1. The normalized spacial score (nSPS) is 15.4. The average Bonchev–Trinajstić information content (AvgIpc) is 2.92. The Morgan fingerprint density at radius 3 is 2.65 bits per heavy atom. The molecule has 2 aromatic carbocycles. The van der Waals surface area contributed by atoms with Crippen LogP contribution in [-0.2, 0) is 5.41 Å². The number of nitrogens with one attached hydrogen (secondary N) is 1. The molecule has 0 fully saturated rings. The van der Waals surface area contributed by atoms with Crippen LogP contribution < -0.4 is 4.74 Å². The highest BCUT2D eigenvalue weighted by molar-refractivity contribution is 9.10. The number of rotatable bonds is 1.